The molecule has 0 aliphatic heterocycles. The first-order valence-corrected chi connectivity index (χ1v) is 10.2. The minimum atomic E-state index is -3.58. The fourth-order valence-corrected chi connectivity index (χ4v) is 3.75. The van der Waals surface area contributed by atoms with Crippen LogP contribution in [-0.2, 0) is 10.0 Å². The van der Waals surface area contributed by atoms with E-state index in [9.17, 15) is 23.3 Å². The molecule has 0 radical (unpaired) electrons. The number of unbranched alkanes of at least 4 members (excludes halogenated alkanes) is 1. The van der Waals surface area contributed by atoms with Crippen LogP contribution in [0.25, 0.3) is 0 Å². The molecule has 0 bridgehead atoms. The van der Waals surface area contributed by atoms with Crippen LogP contribution in [-0.4, -0.2) is 37.1 Å². The Bertz CT molecular complexity index is 972. The molecular weight excluding hydrogens is 382 g/mol. The third-order valence-electron chi connectivity index (χ3n) is 4.31. The third-order valence-corrected chi connectivity index (χ3v) is 6.19. The van der Waals surface area contributed by atoms with Gasteiger partial charge in [0.1, 0.15) is 0 Å². The number of amides is 1. The second-order valence-electron chi connectivity index (χ2n) is 6.42. The first-order valence-electron chi connectivity index (χ1n) is 8.79. The Morgan fingerprint density at radius 3 is 2.39 bits per heavy atom. The third kappa shape index (κ3) is 4.93. The van der Waals surface area contributed by atoms with E-state index in [0.717, 1.165) is 12.8 Å². The zero-order chi connectivity index (χ0) is 20.9. The molecule has 0 spiro atoms. The second kappa shape index (κ2) is 8.94. The zero-order valence-corrected chi connectivity index (χ0v) is 16.8. The Morgan fingerprint density at radius 2 is 1.82 bits per heavy atom. The lowest BCUT2D eigenvalue weighted by molar-refractivity contribution is -0.385. The van der Waals surface area contributed by atoms with Crippen molar-refractivity contribution in [2.75, 3.05) is 18.9 Å². The van der Waals surface area contributed by atoms with Gasteiger partial charge in [-0.3, -0.25) is 14.9 Å². The van der Waals surface area contributed by atoms with Crippen LogP contribution in [0.2, 0.25) is 0 Å². The highest BCUT2D eigenvalue weighted by Gasteiger charge is 2.20. The molecule has 0 fully saturated rings. The van der Waals surface area contributed by atoms with Gasteiger partial charge < -0.3 is 5.32 Å². The van der Waals surface area contributed by atoms with E-state index in [-0.39, 0.29) is 16.1 Å². The molecule has 0 saturated carbocycles. The van der Waals surface area contributed by atoms with Gasteiger partial charge in [0.2, 0.25) is 10.0 Å². The van der Waals surface area contributed by atoms with Gasteiger partial charge in [-0.05, 0) is 43.7 Å². The van der Waals surface area contributed by atoms with Crippen LogP contribution in [0, 0.1) is 17.0 Å². The van der Waals surface area contributed by atoms with Gasteiger partial charge in [0.05, 0.1) is 9.82 Å². The quantitative estimate of drug-likeness (QED) is 0.533. The number of nitro benzene ring substituents is 1. The summed E-state index contributed by atoms with van der Waals surface area (Å²) in [6.45, 7) is 4.01. The van der Waals surface area contributed by atoms with Crippen molar-refractivity contribution in [2.45, 2.75) is 31.6 Å². The van der Waals surface area contributed by atoms with E-state index in [2.05, 4.69) is 5.32 Å². The average molecular weight is 405 g/mol. The number of carbonyl (C=O) groups excluding carboxylic acids is 1. The number of benzene rings is 2. The van der Waals surface area contributed by atoms with Crippen molar-refractivity contribution in [2.24, 2.45) is 0 Å². The predicted octanol–water partition coefficient (Wildman–Crippen LogP) is 3.58. The fraction of sp³-hybridized carbons (Fsp3) is 0.316. The number of rotatable bonds is 8. The first kappa shape index (κ1) is 21.5. The Hall–Kier alpha value is -2.78. The molecule has 0 unspecified atom stereocenters. The molecule has 0 heterocycles. The highest BCUT2D eigenvalue weighted by Crippen LogP contribution is 2.21. The molecule has 0 atom stereocenters. The molecular formula is C19H23N3O5S. The van der Waals surface area contributed by atoms with Crippen molar-refractivity contribution in [3.63, 3.8) is 0 Å². The summed E-state index contributed by atoms with van der Waals surface area (Å²) in [7, 11) is -2.05. The molecule has 1 amide bonds. The zero-order valence-electron chi connectivity index (χ0n) is 16.0. The Balaban J connectivity index is 2.15. The molecule has 0 aromatic heterocycles. The topological polar surface area (TPSA) is 110 Å². The molecule has 2 aromatic carbocycles. The number of hydrogen-bond donors (Lipinski definition) is 1. The number of anilines is 1. The van der Waals surface area contributed by atoms with Crippen LogP contribution in [0.1, 0.15) is 35.7 Å². The molecule has 0 saturated heterocycles. The van der Waals surface area contributed by atoms with Gasteiger partial charge in [0.15, 0.2) is 0 Å². The van der Waals surface area contributed by atoms with Crippen LogP contribution in [0.4, 0.5) is 11.4 Å². The van der Waals surface area contributed by atoms with Crippen LogP contribution in [0.3, 0.4) is 0 Å². The summed E-state index contributed by atoms with van der Waals surface area (Å²) in [4.78, 5) is 23.0. The smallest absolute Gasteiger partial charge is 0.273 e. The van der Waals surface area contributed by atoms with Gasteiger partial charge in [-0.2, -0.15) is 0 Å². The van der Waals surface area contributed by atoms with Crippen molar-refractivity contribution in [3.8, 4) is 0 Å². The van der Waals surface area contributed by atoms with E-state index < -0.39 is 20.9 Å². The van der Waals surface area contributed by atoms with Crippen molar-refractivity contribution in [1.29, 1.82) is 0 Å². The summed E-state index contributed by atoms with van der Waals surface area (Å²) >= 11 is 0. The number of nitrogens with zero attached hydrogens (tertiary/aromatic N) is 2. The minimum absolute atomic E-state index is 0.134. The molecule has 0 aliphatic rings. The Kier molecular flexibility index (Phi) is 6.87. The average Bonchev–Trinajstić information content (AvgIpc) is 2.66. The summed E-state index contributed by atoms with van der Waals surface area (Å²) in [6.07, 6.45) is 1.66. The maximum absolute atomic E-state index is 12.5. The van der Waals surface area contributed by atoms with E-state index in [1.54, 1.807) is 6.92 Å². The highest BCUT2D eigenvalue weighted by molar-refractivity contribution is 7.89. The lowest BCUT2D eigenvalue weighted by atomic mass is 10.1. The van der Waals surface area contributed by atoms with E-state index in [1.807, 2.05) is 6.92 Å². The summed E-state index contributed by atoms with van der Waals surface area (Å²) in [6, 6.07) is 10.0. The maximum atomic E-state index is 12.5. The maximum Gasteiger partial charge on any atom is 0.273 e. The summed E-state index contributed by atoms with van der Waals surface area (Å²) < 4.78 is 26.3. The molecule has 28 heavy (non-hydrogen) atoms. The molecule has 9 heteroatoms. The van der Waals surface area contributed by atoms with Crippen molar-refractivity contribution in [1.82, 2.24) is 4.31 Å². The van der Waals surface area contributed by atoms with E-state index in [4.69, 9.17) is 0 Å². The largest absolute Gasteiger partial charge is 0.322 e. The number of nitro groups is 1. The van der Waals surface area contributed by atoms with Crippen molar-refractivity contribution >= 4 is 27.3 Å². The number of sulfonamides is 1. The standard InChI is InChI=1S/C19H23N3O5S/c1-4-5-12-21(3)28(26,27)17-10-8-16(9-11-17)20-19(23)15-7-6-14(2)18(13-15)22(24)25/h6-11,13H,4-5,12H2,1-3H3,(H,20,23). The molecule has 2 rings (SSSR count). The Morgan fingerprint density at radius 1 is 1.18 bits per heavy atom. The normalized spacial score (nSPS) is 11.4. The monoisotopic (exact) mass is 405 g/mol. The predicted molar refractivity (Wildman–Crippen MR) is 107 cm³/mol. The van der Waals surface area contributed by atoms with Crippen LogP contribution in [0.15, 0.2) is 47.4 Å². The lowest BCUT2D eigenvalue weighted by Crippen LogP contribution is -2.27. The summed E-state index contributed by atoms with van der Waals surface area (Å²) in [5, 5.41) is 13.6. The Labute approximate surface area is 164 Å². The van der Waals surface area contributed by atoms with Crippen molar-refractivity contribution in [3.05, 3.63) is 63.7 Å². The lowest BCUT2D eigenvalue weighted by Gasteiger charge is -2.17. The molecule has 8 nitrogen and oxygen atoms in total. The van der Waals surface area contributed by atoms with Crippen molar-refractivity contribution < 1.29 is 18.1 Å². The van der Waals surface area contributed by atoms with Gasteiger partial charge >= 0.3 is 0 Å². The molecule has 2 aromatic rings. The van der Waals surface area contributed by atoms with Crippen LogP contribution in [0.5, 0.6) is 0 Å². The minimum Gasteiger partial charge on any atom is -0.322 e. The van der Waals surface area contributed by atoms with Gasteiger partial charge in [0.25, 0.3) is 11.6 Å². The van der Waals surface area contributed by atoms with Gasteiger partial charge in [-0.1, -0.05) is 19.4 Å². The molecule has 1 N–H and O–H groups in total. The summed E-state index contributed by atoms with van der Waals surface area (Å²) in [5.41, 5.74) is 0.865. The van der Waals surface area contributed by atoms with Gasteiger partial charge in [-0.25, -0.2) is 12.7 Å². The first-order chi connectivity index (χ1) is 13.2. The van der Waals surface area contributed by atoms with Crippen LogP contribution < -0.4 is 5.32 Å². The molecule has 0 aliphatic carbocycles. The second-order valence-corrected chi connectivity index (χ2v) is 8.46. The summed E-state index contributed by atoms with van der Waals surface area (Å²) in [5.74, 6) is -0.515. The van der Waals surface area contributed by atoms with Crippen LogP contribution >= 0.6 is 0 Å². The highest BCUT2D eigenvalue weighted by atomic mass is 32.2. The number of hydrogen-bond acceptors (Lipinski definition) is 5. The van der Waals surface area contributed by atoms with Gasteiger partial charge in [-0.15, -0.1) is 0 Å². The number of carbonyl (C=O) groups is 1. The SMILES string of the molecule is CCCCN(C)S(=O)(=O)c1ccc(NC(=O)c2ccc(C)c([N+](=O)[O-])c2)cc1. The van der Waals surface area contributed by atoms with E-state index >= 15 is 0 Å². The van der Waals surface area contributed by atoms with E-state index in [1.165, 1.54) is 53.8 Å². The van der Waals surface area contributed by atoms with E-state index in [0.29, 0.717) is 17.8 Å². The number of aryl methyl sites for hydroxylation is 1. The van der Waals surface area contributed by atoms with Gasteiger partial charge in [0, 0.05) is 36.5 Å². The molecule has 150 valence electrons. The number of nitrogens with one attached hydrogen (secondary N) is 1. The fourth-order valence-electron chi connectivity index (χ4n) is 2.54.